The molecule has 0 spiro atoms. The van der Waals surface area contributed by atoms with Gasteiger partial charge in [0, 0.05) is 11.3 Å². The van der Waals surface area contributed by atoms with Gasteiger partial charge in [-0.3, -0.25) is 5.10 Å². The molecule has 0 aromatic carbocycles. The highest BCUT2D eigenvalue weighted by Gasteiger charge is 2.16. The van der Waals surface area contributed by atoms with E-state index in [4.69, 9.17) is 5.73 Å². The Balaban J connectivity index is 2.83. The molecule has 0 saturated heterocycles. The number of aromatic nitrogens is 2. The Kier molecular flexibility index (Phi) is 4.18. The number of aromatic amines is 1. The van der Waals surface area contributed by atoms with Crippen LogP contribution in [0.1, 0.15) is 57.7 Å². The molecular formula is C12H23N3. The zero-order valence-corrected chi connectivity index (χ0v) is 10.3. The Bertz CT molecular complexity index is 302. The molecule has 0 amide bonds. The summed E-state index contributed by atoms with van der Waals surface area (Å²) in [4.78, 5) is 0. The predicted molar refractivity (Wildman–Crippen MR) is 64.9 cm³/mol. The fourth-order valence-corrected chi connectivity index (χ4v) is 2.14. The van der Waals surface area contributed by atoms with Crippen molar-refractivity contribution in [3.63, 3.8) is 0 Å². The van der Waals surface area contributed by atoms with Gasteiger partial charge < -0.3 is 5.73 Å². The van der Waals surface area contributed by atoms with Crippen LogP contribution in [0.3, 0.4) is 0 Å². The SMILES string of the molecule is CCCc1c(N)n[nH]c1C(C)CC(C)C. The van der Waals surface area contributed by atoms with Crippen LogP contribution in [0.2, 0.25) is 0 Å². The quantitative estimate of drug-likeness (QED) is 0.783. The highest BCUT2D eigenvalue weighted by molar-refractivity contribution is 5.43. The third kappa shape index (κ3) is 2.98. The van der Waals surface area contributed by atoms with Crippen LogP contribution in [0.5, 0.6) is 0 Å². The van der Waals surface area contributed by atoms with Crippen LogP contribution in [0.25, 0.3) is 0 Å². The number of anilines is 1. The molecule has 1 heterocycles. The Morgan fingerprint density at radius 3 is 2.53 bits per heavy atom. The first kappa shape index (κ1) is 12.1. The molecule has 0 saturated carbocycles. The number of nitrogens with two attached hydrogens (primary N) is 1. The van der Waals surface area contributed by atoms with Gasteiger partial charge in [0.25, 0.3) is 0 Å². The Morgan fingerprint density at radius 2 is 2.00 bits per heavy atom. The van der Waals surface area contributed by atoms with Crippen molar-refractivity contribution in [1.82, 2.24) is 10.2 Å². The van der Waals surface area contributed by atoms with Crippen LogP contribution in [0, 0.1) is 5.92 Å². The Labute approximate surface area is 92.5 Å². The summed E-state index contributed by atoms with van der Waals surface area (Å²) in [6, 6.07) is 0. The van der Waals surface area contributed by atoms with Crippen molar-refractivity contribution in [3.05, 3.63) is 11.3 Å². The van der Waals surface area contributed by atoms with E-state index in [1.807, 2.05) is 0 Å². The summed E-state index contributed by atoms with van der Waals surface area (Å²) < 4.78 is 0. The van der Waals surface area contributed by atoms with Crippen molar-refractivity contribution in [2.24, 2.45) is 5.92 Å². The molecule has 1 atom stereocenters. The summed E-state index contributed by atoms with van der Waals surface area (Å²) >= 11 is 0. The standard InChI is InChI=1S/C12H23N3/c1-5-6-10-11(14-15-12(10)13)9(4)7-8(2)3/h8-9H,5-7H2,1-4H3,(H3,13,14,15). The number of nitrogen functional groups attached to an aromatic ring is 1. The predicted octanol–water partition coefficient (Wildman–Crippen LogP) is 3.09. The average molecular weight is 209 g/mol. The van der Waals surface area contributed by atoms with Crippen LogP contribution in [-0.2, 0) is 6.42 Å². The number of nitrogens with zero attached hydrogens (tertiary/aromatic N) is 1. The first-order valence-corrected chi connectivity index (χ1v) is 5.88. The van der Waals surface area contributed by atoms with Gasteiger partial charge in [0.15, 0.2) is 0 Å². The van der Waals surface area contributed by atoms with Crippen molar-refractivity contribution >= 4 is 5.82 Å². The molecule has 1 unspecified atom stereocenters. The van der Waals surface area contributed by atoms with Gasteiger partial charge in [-0.05, 0) is 24.7 Å². The maximum Gasteiger partial charge on any atom is 0.148 e. The van der Waals surface area contributed by atoms with E-state index in [-0.39, 0.29) is 0 Å². The number of rotatable bonds is 5. The van der Waals surface area contributed by atoms with E-state index < -0.39 is 0 Å². The largest absolute Gasteiger partial charge is 0.382 e. The average Bonchev–Trinajstić information content (AvgIpc) is 2.48. The zero-order valence-electron chi connectivity index (χ0n) is 10.3. The molecule has 0 radical (unpaired) electrons. The molecule has 0 aliphatic rings. The fraction of sp³-hybridized carbons (Fsp3) is 0.750. The fourth-order valence-electron chi connectivity index (χ4n) is 2.14. The molecule has 15 heavy (non-hydrogen) atoms. The lowest BCUT2D eigenvalue weighted by Crippen LogP contribution is -2.03. The second-order valence-electron chi connectivity index (χ2n) is 4.78. The van der Waals surface area contributed by atoms with E-state index in [0.717, 1.165) is 12.8 Å². The summed E-state index contributed by atoms with van der Waals surface area (Å²) in [5.41, 5.74) is 8.32. The van der Waals surface area contributed by atoms with E-state index in [1.165, 1.54) is 17.7 Å². The minimum Gasteiger partial charge on any atom is -0.382 e. The van der Waals surface area contributed by atoms with Gasteiger partial charge in [0.2, 0.25) is 0 Å². The van der Waals surface area contributed by atoms with E-state index in [1.54, 1.807) is 0 Å². The maximum absolute atomic E-state index is 5.85. The van der Waals surface area contributed by atoms with Gasteiger partial charge in [-0.1, -0.05) is 34.1 Å². The highest BCUT2D eigenvalue weighted by atomic mass is 15.2. The lowest BCUT2D eigenvalue weighted by molar-refractivity contribution is 0.513. The van der Waals surface area contributed by atoms with Crippen LogP contribution >= 0.6 is 0 Å². The highest BCUT2D eigenvalue weighted by Crippen LogP contribution is 2.27. The topological polar surface area (TPSA) is 54.7 Å². The van der Waals surface area contributed by atoms with E-state index in [9.17, 15) is 0 Å². The van der Waals surface area contributed by atoms with Crippen molar-refractivity contribution in [2.75, 3.05) is 5.73 Å². The molecule has 3 N–H and O–H groups in total. The molecule has 86 valence electrons. The normalized spacial score (nSPS) is 13.4. The van der Waals surface area contributed by atoms with Crippen molar-refractivity contribution in [1.29, 1.82) is 0 Å². The molecule has 0 aliphatic heterocycles. The smallest absolute Gasteiger partial charge is 0.148 e. The minimum absolute atomic E-state index is 0.524. The summed E-state index contributed by atoms with van der Waals surface area (Å²) in [5, 5.41) is 7.21. The van der Waals surface area contributed by atoms with Gasteiger partial charge >= 0.3 is 0 Å². The molecule has 3 heteroatoms. The lowest BCUT2D eigenvalue weighted by Gasteiger charge is -2.14. The monoisotopic (exact) mass is 209 g/mol. The van der Waals surface area contributed by atoms with Crippen LogP contribution in [-0.4, -0.2) is 10.2 Å². The number of hydrogen-bond acceptors (Lipinski definition) is 2. The van der Waals surface area contributed by atoms with Crippen LogP contribution < -0.4 is 5.73 Å². The van der Waals surface area contributed by atoms with Crippen LogP contribution in [0.4, 0.5) is 5.82 Å². The molecule has 1 rings (SSSR count). The van der Waals surface area contributed by atoms with Gasteiger partial charge in [0.05, 0.1) is 0 Å². The zero-order chi connectivity index (χ0) is 11.4. The number of H-pyrrole nitrogens is 1. The molecule has 1 aromatic heterocycles. The summed E-state index contributed by atoms with van der Waals surface area (Å²) in [5.74, 6) is 1.91. The van der Waals surface area contributed by atoms with E-state index >= 15 is 0 Å². The van der Waals surface area contributed by atoms with Crippen LogP contribution in [0.15, 0.2) is 0 Å². The Hall–Kier alpha value is -0.990. The second-order valence-corrected chi connectivity index (χ2v) is 4.78. The van der Waals surface area contributed by atoms with Gasteiger partial charge in [-0.15, -0.1) is 0 Å². The molecular weight excluding hydrogens is 186 g/mol. The summed E-state index contributed by atoms with van der Waals surface area (Å²) in [6.07, 6.45) is 3.32. The van der Waals surface area contributed by atoms with Crippen molar-refractivity contribution in [3.8, 4) is 0 Å². The molecule has 0 fully saturated rings. The number of hydrogen-bond donors (Lipinski definition) is 2. The lowest BCUT2D eigenvalue weighted by atomic mass is 9.92. The first-order chi connectivity index (χ1) is 7.06. The second kappa shape index (κ2) is 5.19. The third-order valence-electron chi connectivity index (χ3n) is 2.75. The molecule has 1 aromatic rings. The van der Waals surface area contributed by atoms with E-state index in [0.29, 0.717) is 17.7 Å². The number of nitrogens with one attached hydrogen (secondary N) is 1. The summed E-state index contributed by atoms with van der Waals surface area (Å²) in [7, 11) is 0. The van der Waals surface area contributed by atoms with Gasteiger partial charge in [0.1, 0.15) is 5.82 Å². The molecule has 3 nitrogen and oxygen atoms in total. The summed E-state index contributed by atoms with van der Waals surface area (Å²) in [6.45, 7) is 8.90. The van der Waals surface area contributed by atoms with E-state index in [2.05, 4.69) is 37.9 Å². The molecule has 0 bridgehead atoms. The van der Waals surface area contributed by atoms with Gasteiger partial charge in [-0.2, -0.15) is 5.10 Å². The van der Waals surface area contributed by atoms with Crippen molar-refractivity contribution < 1.29 is 0 Å². The minimum atomic E-state index is 0.524. The van der Waals surface area contributed by atoms with Gasteiger partial charge in [-0.25, -0.2) is 0 Å². The maximum atomic E-state index is 5.85. The molecule has 0 aliphatic carbocycles. The first-order valence-electron chi connectivity index (χ1n) is 5.88. The Morgan fingerprint density at radius 1 is 1.33 bits per heavy atom. The third-order valence-corrected chi connectivity index (χ3v) is 2.75. The van der Waals surface area contributed by atoms with Crippen molar-refractivity contribution in [2.45, 2.75) is 52.9 Å².